The smallest absolute Gasteiger partial charge is 0.256 e. The second kappa shape index (κ2) is 7.56. The summed E-state index contributed by atoms with van der Waals surface area (Å²) in [6.45, 7) is 6.35. The molecule has 0 fully saturated rings. The average Bonchev–Trinajstić information content (AvgIpc) is 3.33. The Balaban J connectivity index is 1.60. The van der Waals surface area contributed by atoms with Crippen molar-refractivity contribution in [3.8, 4) is 5.69 Å². The second-order valence-electron chi connectivity index (χ2n) is 8.44. The van der Waals surface area contributed by atoms with E-state index in [9.17, 15) is 9.18 Å². The fourth-order valence-electron chi connectivity index (χ4n) is 4.46. The number of amides is 1. The summed E-state index contributed by atoms with van der Waals surface area (Å²) in [4.78, 5) is 13.3. The molecule has 0 saturated heterocycles. The fraction of sp³-hybridized carbons (Fsp3) is 0.292. The van der Waals surface area contributed by atoms with E-state index in [4.69, 9.17) is 5.10 Å². The molecule has 2 aromatic carbocycles. The maximum atomic E-state index is 14.3. The Kier molecular flexibility index (Phi) is 4.82. The Bertz CT molecular complexity index is 1350. The van der Waals surface area contributed by atoms with Gasteiger partial charge in [-0.05, 0) is 62.2 Å². The molecule has 0 aliphatic carbocycles. The number of benzene rings is 2. The van der Waals surface area contributed by atoms with Gasteiger partial charge in [-0.2, -0.15) is 10.2 Å². The van der Waals surface area contributed by atoms with E-state index >= 15 is 0 Å². The minimum Gasteiger partial charge on any atom is -0.310 e. The highest BCUT2D eigenvalue weighted by Gasteiger charge is 2.28. The summed E-state index contributed by atoms with van der Waals surface area (Å²) in [6, 6.07) is 9.07. The maximum Gasteiger partial charge on any atom is 0.256 e. The molecule has 1 aliphatic rings. The highest BCUT2D eigenvalue weighted by molar-refractivity contribution is 6.06. The zero-order valence-electron chi connectivity index (χ0n) is 18.5. The first-order valence-corrected chi connectivity index (χ1v) is 10.7. The lowest BCUT2D eigenvalue weighted by molar-refractivity contribution is 0.102. The van der Waals surface area contributed by atoms with Crippen molar-refractivity contribution in [1.82, 2.24) is 24.9 Å². The summed E-state index contributed by atoms with van der Waals surface area (Å²) in [7, 11) is 1.87. The number of nitrogens with one attached hydrogen (secondary N) is 2. The first-order chi connectivity index (χ1) is 15.3. The van der Waals surface area contributed by atoms with E-state index < -0.39 is 0 Å². The van der Waals surface area contributed by atoms with Gasteiger partial charge < -0.3 is 10.6 Å². The van der Waals surface area contributed by atoms with Crippen molar-refractivity contribution in [3.05, 3.63) is 70.3 Å². The fourth-order valence-corrected chi connectivity index (χ4v) is 4.46. The van der Waals surface area contributed by atoms with Crippen LogP contribution >= 0.6 is 0 Å². The van der Waals surface area contributed by atoms with Gasteiger partial charge in [-0.3, -0.25) is 9.48 Å². The third-order valence-corrected chi connectivity index (χ3v) is 6.15. The molecule has 7 nitrogen and oxygen atoms in total. The summed E-state index contributed by atoms with van der Waals surface area (Å²) in [6.07, 6.45) is 2.50. The minimum atomic E-state index is -0.229. The van der Waals surface area contributed by atoms with Crippen molar-refractivity contribution in [1.29, 1.82) is 0 Å². The normalized spacial score (nSPS) is 15.7. The molecule has 4 aromatic rings. The van der Waals surface area contributed by atoms with Crippen molar-refractivity contribution in [2.24, 2.45) is 7.05 Å². The number of carbonyl (C=O) groups excluding carboxylic acids is 1. The number of carbonyl (C=O) groups is 1. The second-order valence-corrected chi connectivity index (χ2v) is 8.44. The van der Waals surface area contributed by atoms with Gasteiger partial charge in [0.1, 0.15) is 11.6 Å². The number of halogens is 1. The molecule has 0 bridgehead atoms. The lowest BCUT2D eigenvalue weighted by atomic mass is 10.0. The number of hydrogen-bond donors (Lipinski definition) is 2. The molecular formula is C24H25FN6O. The highest BCUT2D eigenvalue weighted by atomic mass is 19.1. The molecule has 3 heterocycles. The molecule has 8 heteroatoms. The van der Waals surface area contributed by atoms with Crippen molar-refractivity contribution in [3.63, 3.8) is 0 Å². The van der Waals surface area contributed by atoms with E-state index in [1.807, 2.05) is 19.2 Å². The largest absolute Gasteiger partial charge is 0.310 e. The van der Waals surface area contributed by atoms with Crippen LogP contribution in [0.3, 0.4) is 0 Å². The van der Waals surface area contributed by atoms with E-state index in [0.29, 0.717) is 22.5 Å². The van der Waals surface area contributed by atoms with Crippen LogP contribution in [0.25, 0.3) is 16.6 Å². The predicted octanol–water partition coefficient (Wildman–Crippen LogP) is 3.97. The van der Waals surface area contributed by atoms with Crippen LogP contribution in [0, 0.1) is 19.7 Å². The maximum absolute atomic E-state index is 14.3. The first-order valence-electron chi connectivity index (χ1n) is 10.7. The van der Waals surface area contributed by atoms with Gasteiger partial charge in [0.15, 0.2) is 0 Å². The number of anilines is 1. The monoisotopic (exact) mass is 432 g/mol. The molecule has 0 spiro atoms. The van der Waals surface area contributed by atoms with Crippen molar-refractivity contribution in [2.75, 3.05) is 11.9 Å². The van der Waals surface area contributed by atoms with E-state index in [-0.39, 0.29) is 17.8 Å². The summed E-state index contributed by atoms with van der Waals surface area (Å²) in [5.74, 6) is 0.158. The van der Waals surface area contributed by atoms with Gasteiger partial charge in [-0.25, -0.2) is 9.07 Å². The molecule has 164 valence electrons. The number of aryl methyl sites for hydroxylation is 3. The van der Waals surface area contributed by atoms with Crippen molar-refractivity contribution in [2.45, 2.75) is 33.2 Å². The van der Waals surface area contributed by atoms with Gasteiger partial charge in [0.05, 0.1) is 23.1 Å². The van der Waals surface area contributed by atoms with Crippen LogP contribution in [0.5, 0.6) is 0 Å². The van der Waals surface area contributed by atoms with E-state index in [2.05, 4.69) is 22.7 Å². The third-order valence-electron chi connectivity index (χ3n) is 6.15. The average molecular weight is 433 g/mol. The molecule has 1 aliphatic heterocycles. The minimum absolute atomic E-state index is 0.0336. The molecule has 32 heavy (non-hydrogen) atoms. The molecule has 1 atom stereocenters. The molecule has 1 amide bonds. The zero-order valence-corrected chi connectivity index (χ0v) is 18.5. The molecule has 2 N–H and O–H groups in total. The molecule has 0 saturated carbocycles. The lowest BCUT2D eigenvalue weighted by Crippen LogP contribution is -2.28. The molecule has 2 aromatic heterocycles. The summed E-state index contributed by atoms with van der Waals surface area (Å²) in [5, 5.41) is 16.5. The lowest BCUT2D eigenvalue weighted by Gasteiger charge is -2.21. The highest BCUT2D eigenvalue weighted by Crippen LogP contribution is 2.33. The van der Waals surface area contributed by atoms with E-state index in [1.54, 1.807) is 47.6 Å². The van der Waals surface area contributed by atoms with Crippen LogP contribution in [-0.4, -0.2) is 32.0 Å². The van der Waals surface area contributed by atoms with Crippen molar-refractivity contribution < 1.29 is 9.18 Å². The Hall–Kier alpha value is -3.52. The molecule has 0 radical (unpaired) electrons. The number of fused-ring (bicyclic) bond motifs is 2. The number of hydrogen-bond acceptors (Lipinski definition) is 4. The van der Waals surface area contributed by atoms with Crippen LogP contribution in [0.1, 0.15) is 45.7 Å². The van der Waals surface area contributed by atoms with Crippen LogP contribution in [0.4, 0.5) is 10.2 Å². The Morgan fingerprint density at radius 3 is 2.72 bits per heavy atom. The van der Waals surface area contributed by atoms with Crippen LogP contribution in [0.2, 0.25) is 0 Å². The van der Waals surface area contributed by atoms with Gasteiger partial charge >= 0.3 is 0 Å². The number of nitrogens with zero attached hydrogens (tertiary/aromatic N) is 4. The van der Waals surface area contributed by atoms with Gasteiger partial charge in [0.25, 0.3) is 5.91 Å². The van der Waals surface area contributed by atoms with Crippen molar-refractivity contribution >= 4 is 22.6 Å². The molecule has 5 rings (SSSR count). The Morgan fingerprint density at radius 2 is 1.97 bits per heavy atom. The summed E-state index contributed by atoms with van der Waals surface area (Å²) in [5.41, 5.74) is 5.20. The summed E-state index contributed by atoms with van der Waals surface area (Å²) < 4.78 is 17.8. The summed E-state index contributed by atoms with van der Waals surface area (Å²) >= 11 is 0. The Morgan fingerprint density at radius 1 is 1.22 bits per heavy atom. The van der Waals surface area contributed by atoms with E-state index in [1.165, 1.54) is 0 Å². The zero-order chi connectivity index (χ0) is 22.6. The predicted molar refractivity (Wildman–Crippen MR) is 122 cm³/mol. The molecular weight excluding hydrogens is 407 g/mol. The topological polar surface area (TPSA) is 76.8 Å². The Labute approximate surface area is 185 Å². The van der Waals surface area contributed by atoms with Gasteiger partial charge in [0, 0.05) is 42.6 Å². The first kappa shape index (κ1) is 20.4. The number of aromatic nitrogens is 4. The van der Waals surface area contributed by atoms with Gasteiger partial charge in [-0.15, -0.1) is 0 Å². The van der Waals surface area contributed by atoms with Crippen LogP contribution in [-0.2, 0) is 13.5 Å². The SMILES string of the molecule is Cc1cc(-n2nc3c(c2NC(=O)c2ccc4c(cnn4C)c2)[C@H](C)NCC3)cc(C)c1F. The van der Waals surface area contributed by atoms with E-state index in [0.717, 1.165) is 40.8 Å². The van der Waals surface area contributed by atoms with Gasteiger partial charge in [-0.1, -0.05) is 0 Å². The third kappa shape index (κ3) is 3.27. The number of rotatable bonds is 3. The van der Waals surface area contributed by atoms with Gasteiger partial charge in [0.2, 0.25) is 0 Å². The molecule has 0 unspecified atom stereocenters. The standard InChI is InChI=1S/C24H25FN6O/c1-13-9-18(10-14(2)22(13)25)31-23(21-15(3)26-8-7-19(21)29-31)28-24(32)16-5-6-20-17(11-16)12-27-30(20)4/h5-6,9-12,15,26H,7-8H2,1-4H3,(H,28,32)/t15-/m0/s1. The van der Waals surface area contributed by atoms with Crippen LogP contribution in [0.15, 0.2) is 36.5 Å². The van der Waals surface area contributed by atoms with Crippen LogP contribution < -0.4 is 10.6 Å². The quantitative estimate of drug-likeness (QED) is 0.514.